The van der Waals surface area contributed by atoms with Crippen molar-refractivity contribution < 1.29 is 9.53 Å². The van der Waals surface area contributed by atoms with Gasteiger partial charge in [0.15, 0.2) is 0 Å². The summed E-state index contributed by atoms with van der Waals surface area (Å²) in [5, 5.41) is 2.07. The van der Waals surface area contributed by atoms with Crippen molar-refractivity contribution in [2.24, 2.45) is 0 Å². The number of hydrogen-bond donors (Lipinski definition) is 0. The molecule has 146 valence electrons. The largest absolute Gasteiger partial charge is 0.497 e. The lowest BCUT2D eigenvalue weighted by molar-refractivity contribution is -0.132. The van der Waals surface area contributed by atoms with E-state index in [0.29, 0.717) is 6.42 Å². The molecule has 1 atom stereocenters. The number of carbonyl (C=O) groups is 1. The van der Waals surface area contributed by atoms with Crippen LogP contribution in [-0.2, 0) is 4.79 Å². The first kappa shape index (κ1) is 18.6. The van der Waals surface area contributed by atoms with Gasteiger partial charge in [-0.2, -0.15) is 0 Å². The number of ether oxygens (including phenoxy) is 1. The number of piperazine rings is 1. The molecule has 5 nitrogen and oxygen atoms in total. The lowest BCUT2D eigenvalue weighted by Gasteiger charge is -2.36. The van der Waals surface area contributed by atoms with Crippen molar-refractivity contribution in [1.29, 1.82) is 0 Å². The van der Waals surface area contributed by atoms with Crippen LogP contribution in [0.15, 0.2) is 66.3 Å². The lowest BCUT2D eigenvalue weighted by atomic mass is 10.1. The highest BCUT2D eigenvalue weighted by atomic mass is 32.1. The van der Waals surface area contributed by atoms with Gasteiger partial charge in [0, 0.05) is 55.2 Å². The second-order valence-corrected chi connectivity index (χ2v) is 7.91. The average molecular weight is 396 g/mol. The Hall–Kier alpha value is -2.73. The van der Waals surface area contributed by atoms with Gasteiger partial charge in [0.1, 0.15) is 5.75 Å². The molecule has 3 aromatic rings. The van der Waals surface area contributed by atoms with Gasteiger partial charge in [0.25, 0.3) is 0 Å². The van der Waals surface area contributed by atoms with Crippen LogP contribution in [0.5, 0.6) is 5.75 Å². The molecule has 1 amide bonds. The van der Waals surface area contributed by atoms with E-state index in [0.717, 1.165) is 37.6 Å². The first-order valence-corrected chi connectivity index (χ1v) is 10.4. The number of anilines is 1. The predicted molar refractivity (Wildman–Crippen MR) is 113 cm³/mol. The minimum Gasteiger partial charge on any atom is -0.497 e. The van der Waals surface area contributed by atoms with Gasteiger partial charge < -0.3 is 19.1 Å². The van der Waals surface area contributed by atoms with Crippen molar-refractivity contribution in [2.45, 2.75) is 12.5 Å². The zero-order chi connectivity index (χ0) is 19.3. The fraction of sp³-hybridized carbons (Fsp3) is 0.318. The maximum absolute atomic E-state index is 13.0. The van der Waals surface area contributed by atoms with Gasteiger partial charge in [0.05, 0.1) is 19.6 Å². The van der Waals surface area contributed by atoms with E-state index in [9.17, 15) is 4.79 Å². The van der Waals surface area contributed by atoms with Crippen molar-refractivity contribution in [3.8, 4) is 5.75 Å². The van der Waals surface area contributed by atoms with Crippen LogP contribution in [0, 0.1) is 0 Å². The third kappa shape index (κ3) is 4.07. The van der Waals surface area contributed by atoms with E-state index in [2.05, 4.69) is 33.0 Å². The molecular formula is C22H25N3O2S. The first-order valence-electron chi connectivity index (χ1n) is 9.57. The van der Waals surface area contributed by atoms with Crippen molar-refractivity contribution in [3.63, 3.8) is 0 Å². The fourth-order valence-corrected chi connectivity index (χ4v) is 4.54. The number of hydrogen-bond acceptors (Lipinski definition) is 4. The molecule has 0 unspecified atom stereocenters. The summed E-state index contributed by atoms with van der Waals surface area (Å²) in [6.07, 6.45) is 4.57. The molecule has 1 aromatic carbocycles. The molecule has 0 aliphatic carbocycles. The molecule has 4 rings (SSSR count). The molecule has 0 spiro atoms. The van der Waals surface area contributed by atoms with Gasteiger partial charge in [-0.15, -0.1) is 11.3 Å². The lowest BCUT2D eigenvalue weighted by Crippen LogP contribution is -2.49. The van der Waals surface area contributed by atoms with Crippen molar-refractivity contribution in [1.82, 2.24) is 9.47 Å². The minimum absolute atomic E-state index is 0.0684. The number of amides is 1. The normalized spacial score (nSPS) is 15.5. The highest BCUT2D eigenvalue weighted by molar-refractivity contribution is 7.10. The highest BCUT2D eigenvalue weighted by Gasteiger charge is 2.25. The van der Waals surface area contributed by atoms with Gasteiger partial charge in [-0.05, 0) is 35.7 Å². The van der Waals surface area contributed by atoms with Gasteiger partial charge >= 0.3 is 0 Å². The number of nitrogens with zero attached hydrogens (tertiary/aromatic N) is 3. The highest BCUT2D eigenvalue weighted by Crippen LogP contribution is 2.28. The van der Waals surface area contributed by atoms with Gasteiger partial charge in [0.2, 0.25) is 5.91 Å². The zero-order valence-corrected chi connectivity index (χ0v) is 16.8. The number of aromatic nitrogens is 1. The molecule has 1 saturated heterocycles. The number of benzene rings is 1. The monoisotopic (exact) mass is 395 g/mol. The van der Waals surface area contributed by atoms with Crippen LogP contribution in [0.4, 0.5) is 5.69 Å². The Kier molecular flexibility index (Phi) is 5.67. The minimum atomic E-state index is 0.0684. The van der Waals surface area contributed by atoms with Crippen LogP contribution in [0.3, 0.4) is 0 Å². The third-order valence-corrected chi connectivity index (χ3v) is 6.25. The van der Waals surface area contributed by atoms with E-state index in [4.69, 9.17) is 4.74 Å². The Morgan fingerprint density at radius 3 is 2.54 bits per heavy atom. The molecule has 1 fully saturated rings. The standard InChI is InChI=1S/C22H25N3O2S/c1-27-19-7-4-6-18(16-19)23-11-13-25(14-12-23)22(26)17-20(21-8-5-15-28-21)24-9-2-3-10-24/h2-10,15-16,20H,11-14,17H2,1H3/t20-/m0/s1. The van der Waals surface area contributed by atoms with Crippen LogP contribution < -0.4 is 9.64 Å². The van der Waals surface area contributed by atoms with E-state index in [1.165, 1.54) is 4.88 Å². The van der Waals surface area contributed by atoms with Crippen LogP contribution in [0.25, 0.3) is 0 Å². The summed E-state index contributed by atoms with van der Waals surface area (Å²) in [7, 11) is 1.68. The molecule has 0 radical (unpaired) electrons. The summed E-state index contributed by atoms with van der Waals surface area (Å²) in [5.74, 6) is 1.08. The van der Waals surface area contributed by atoms with Gasteiger partial charge in [-0.1, -0.05) is 12.1 Å². The topological polar surface area (TPSA) is 37.7 Å². The molecule has 28 heavy (non-hydrogen) atoms. The van der Waals surface area contributed by atoms with Crippen molar-refractivity contribution >= 4 is 22.9 Å². The number of rotatable bonds is 6. The van der Waals surface area contributed by atoms with Crippen molar-refractivity contribution in [3.05, 3.63) is 71.2 Å². The molecule has 0 bridgehead atoms. The van der Waals surface area contributed by atoms with E-state index in [1.54, 1.807) is 18.4 Å². The summed E-state index contributed by atoms with van der Waals surface area (Å²) < 4.78 is 7.46. The summed E-state index contributed by atoms with van der Waals surface area (Å²) in [5.41, 5.74) is 1.15. The molecular weight excluding hydrogens is 370 g/mol. The Morgan fingerprint density at radius 1 is 1.07 bits per heavy atom. The van der Waals surface area contributed by atoms with Crippen molar-refractivity contribution in [2.75, 3.05) is 38.2 Å². The Morgan fingerprint density at radius 2 is 1.86 bits per heavy atom. The van der Waals surface area contributed by atoms with Gasteiger partial charge in [-0.25, -0.2) is 0 Å². The van der Waals surface area contributed by atoms with Crippen LogP contribution in [-0.4, -0.2) is 48.7 Å². The summed E-state index contributed by atoms with van der Waals surface area (Å²) in [6, 6.07) is 16.4. The maximum Gasteiger partial charge on any atom is 0.225 e. The fourth-order valence-electron chi connectivity index (χ4n) is 3.71. The average Bonchev–Trinajstić information content (AvgIpc) is 3.46. The number of methoxy groups -OCH3 is 1. The van der Waals surface area contributed by atoms with E-state index < -0.39 is 0 Å². The van der Waals surface area contributed by atoms with Crippen LogP contribution in [0.2, 0.25) is 0 Å². The van der Waals surface area contributed by atoms with E-state index >= 15 is 0 Å². The Bertz CT molecular complexity index is 850. The second-order valence-electron chi connectivity index (χ2n) is 6.93. The first-order chi connectivity index (χ1) is 13.7. The molecule has 2 aromatic heterocycles. The van der Waals surface area contributed by atoms with E-state index in [-0.39, 0.29) is 11.9 Å². The molecule has 1 aliphatic rings. The number of carbonyl (C=O) groups excluding carboxylic acids is 1. The maximum atomic E-state index is 13.0. The SMILES string of the molecule is COc1cccc(N2CCN(C(=O)C[C@@H](c3cccs3)n3cccc3)CC2)c1. The van der Waals surface area contributed by atoms with Crippen LogP contribution in [0.1, 0.15) is 17.3 Å². The summed E-state index contributed by atoms with van der Waals surface area (Å²) >= 11 is 1.71. The number of thiophene rings is 1. The van der Waals surface area contributed by atoms with E-state index in [1.807, 2.05) is 47.6 Å². The molecule has 1 aliphatic heterocycles. The van der Waals surface area contributed by atoms with Gasteiger partial charge in [-0.3, -0.25) is 4.79 Å². The Balaban J connectivity index is 1.39. The third-order valence-electron chi connectivity index (χ3n) is 5.28. The zero-order valence-electron chi connectivity index (χ0n) is 16.0. The Labute approximate surface area is 169 Å². The molecule has 0 N–H and O–H groups in total. The summed E-state index contributed by atoms with van der Waals surface area (Å²) in [6.45, 7) is 3.18. The second kappa shape index (κ2) is 8.52. The summed E-state index contributed by atoms with van der Waals surface area (Å²) in [4.78, 5) is 18.6. The molecule has 0 saturated carbocycles. The predicted octanol–water partition coefficient (Wildman–Crippen LogP) is 3.89. The molecule has 6 heteroatoms. The quantitative estimate of drug-likeness (QED) is 0.636. The smallest absolute Gasteiger partial charge is 0.225 e. The molecule has 3 heterocycles. The van der Waals surface area contributed by atoms with Crippen LogP contribution >= 0.6 is 11.3 Å².